The van der Waals surface area contributed by atoms with Crippen LogP contribution >= 0.6 is 0 Å². The van der Waals surface area contributed by atoms with Crippen LogP contribution in [-0.4, -0.2) is 5.71 Å². The zero-order chi connectivity index (χ0) is 15.2. The molecular weight excluding hydrogens is 256 g/mol. The Hall–Kier alpha value is -2.35. The summed E-state index contributed by atoms with van der Waals surface area (Å²) in [5.41, 5.74) is 6.62. The molecule has 0 heterocycles. The molecule has 0 aliphatic rings. The van der Waals surface area contributed by atoms with Crippen molar-refractivity contribution in [2.24, 2.45) is 4.99 Å². The van der Waals surface area contributed by atoms with Gasteiger partial charge in [0, 0.05) is 17.1 Å². The number of nitrogens with zero attached hydrogens (tertiary/aromatic N) is 1. The van der Waals surface area contributed by atoms with Crippen LogP contribution in [0.25, 0.3) is 0 Å². The van der Waals surface area contributed by atoms with Gasteiger partial charge in [0.1, 0.15) is 0 Å². The summed E-state index contributed by atoms with van der Waals surface area (Å²) in [7, 11) is 0. The quantitative estimate of drug-likeness (QED) is 0.743. The van der Waals surface area contributed by atoms with Crippen molar-refractivity contribution in [3.63, 3.8) is 0 Å². The van der Waals surface area contributed by atoms with Gasteiger partial charge in [0.15, 0.2) is 0 Å². The predicted molar refractivity (Wildman–Crippen MR) is 92.5 cm³/mol. The van der Waals surface area contributed by atoms with Crippen LogP contribution in [-0.2, 0) is 0 Å². The van der Waals surface area contributed by atoms with Gasteiger partial charge in [-0.2, -0.15) is 0 Å². The van der Waals surface area contributed by atoms with Gasteiger partial charge in [0.05, 0.1) is 5.69 Å². The summed E-state index contributed by atoms with van der Waals surface area (Å²) in [6.07, 6.45) is 2.06. The molecule has 0 unspecified atom stereocenters. The van der Waals surface area contributed by atoms with Gasteiger partial charge in [0.2, 0.25) is 0 Å². The fourth-order valence-corrected chi connectivity index (χ4v) is 2.16. The van der Waals surface area contributed by atoms with Crippen LogP contribution in [0, 0.1) is 13.8 Å². The van der Waals surface area contributed by atoms with Crippen LogP contribution in [0.1, 0.15) is 25.0 Å². The molecule has 0 aromatic heterocycles. The Labute approximate surface area is 127 Å². The lowest BCUT2D eigenvalue weighted by Gasteiger charge is -2.07. The molecule has 0 radical (unpaired) electrons. The monoisotopic (exact) mass is 278 g/mol. The van der Waals surface area contributed by atoms with Crippen molar-refractivity contribution in [2.75, 3.05) is 5.32 Å². The summed E-state index contributed by atoms with van der Waals surface area (Å²) in [5.74, 6) is 0. The van der Waals surface area contributed by atoms with Crippen LogP contribution in [0.5, 0.6) is 0 Å². The van der Waals surface area contributed by atoms with E-state index in [1.807, 2.05) is 25.1 Å². The first kappa shape index (κ1) is 15.0. The minimum absolute atomic E-state index is 0.990. The van der Waals surface area contributed by atoms with Gasteiger partial charge in [-0.3, -0.25) is 4.99 Å². The number of benzene rings is 2. The largest absolute Gasteiger partial charge is 0.359 e. The zero-order valence-electron chi connectivity index (χ0n) is 13.1. The average molecular weight is 278 g/mol. The van der Waals surface area contributed by atoms with Crippen molar-refractivity contribution in [3.05, 3.63) is 71.4 Å². The number of hydrogen-bond acceptors (Lipinski definition) is 2. The standard InChI is InChI=1S/C19H22N2/c1-14-10-11-15(2)19(12-14)21-17(4)13-16(3)20-18-8-6-5-7-9-18/h5-13,20H,1-4H3/b16-13-,21-17?. The fourth-order valence-electron chi connectivity index (χ4n) is 2.16. The molecule has 2 nitrogen and oxygen atoms in total. The molecular formula is C19H22N2. The molecule has 0 fully saturated rings. The SMILES string of the molecule is CC(/C=C(/C)Nc1ccccc1)=Nc1cc(C)ccc1C. The normalized spacial score (nSPS) is 12.4. The summed E-state index contributed by atoms with van der Waals surface area (Å²) in [5, 5.41) is 3.36. The van der Waals surface area contributed by atoms with Crippen molar-refractivity contribution < 1.29 is 0 Å². The van der Waals surface area contributed by atoms with Gasteiger partial charge in [-0.1, -0.05) is 30.3 Å². The first-order chi connectivity index (χ1) is 10.0. The lowest BCUT2D eigenvalue weighted by Crippen LogP contribution is -1.98. The van der Waals surface area contributed by atoms with E-state index in [1.165, 1.54) is 11.1 Å². The number of para-hydroxylation sites is 1. The Morgan fingerprint density at radius 2 is 1.71 bits per heavy atom. The molecule has 0 saturated heterocycles. The van der Waals surface area contributed by atoms with E-state index in [1.54, 1.807) is 0 Å². The van der Waals surface area contributed by atoms with Crippen LogP contribution in [0.3, 0.4) is 0 Å². The molecule has 0 amide bonds. The lowest BCUT2D eigenvalue weighted by molar-refractivity contribution is 1.34. The van der Waals surface area contributed by atoms with Gasteiger partial charge < -0.3 is 5.32 Å². The number of hydrogen-bond donors (Lipinski definition) is 1. The third-order valence-corrected chi connectivity index (χ3v) is 3.20. The van der Waals surface area contributed by atoms with Crippen molar-refractivity contribution in [3.8, 4) is 0 Å². The number of allylic oxidation sites excluding steroid dienone is 2. The second-order valence-electron chi connectivity index (χ2n) is 5.36. The molecule has 1 N–H and O–H groups in total. The van der Waals surface area contributed by atoms with Gasteiger partial charge in [0.25, 0.3) is 0 Å². The van der Waals surface area contributed by atoms with E-state index in [0.29, 0.717) is 0 Å². The average Bonchev–Trinajstić information content (AvgIpc) is 2.43. The molecule has 0 spiro atoms. The Balaban J connectivity index is 2.15. The maximum atomic E-state index is 4.70. The number of aliphatic imine (C=N–C) groups is 1. The van der Waals surface area contributed by atoms with Crippen LogP contribution in [0.15, 0.2) is 65.3 Å². The molecule has 0 atom stereocenters. The summed E-state index contributed by atoms with van der Waals surface area (Å²) in [6, 6.07) is 16.5. The van der Waals surface area contributed by atoms with Crippen molar-refractivity contribution in [1.82, 2.24) is 0 Å². The summed E-state index contributed by atoms with van der Waals surface area (Å²) in [6.45, 7) is 8.25. The Morgan fingerprint density at radius 3 is 2.43 bits per heavy atom. The molecule has 2 aromatic carbocycles. The molecule has 0 aliphatic heterocycles. The van der Waals surface area contributed by atoms with Crippen LogP contribution in [0.2, 0.25) is 0 Å². The minimum Gasteiger partial charge on any atom is -0.359 e. The molecule has 2 rings (SSSR count). The van der Waals surface area contributed by atoms with E-state index in [2.05, 4.69) is 62.5 Å². The van der Waals surface area contributed by atoms with E-state index < -0.39 is 0 Å². The summed E-state index contributed by atoms with van der Waals surface area (Å²) < 4.78 is 0. The highest BCUT2D eigenvalue weighted by Gasteiger charge is 1.98. The van der Waals surface area contributed by atoms with E-state index in [-0.39, 0.29) is 0 Å². The lowest BCUT2D eigenvalue weighted by atomic mass is 10.1. The van der Waals surface area contributed by atoms with Gasteiger partial charge >= 0.3 is 0 Å². The molecule has 2 aromatic rings. The van der Waals surface area contributed by atoms with E-state index in [0.717, 1.165) is 22.8 Å². The highest BCUT2D eigenvalue weighted by atomic mass is 14.9. The molecule has 0 saturated carbocycles. The predicted octanol–water partition coefficient (Wildman–Crippen LogP) is 5.41. The third-order valence-electron chi connectivity index (χ3n) is 3.20. The Kier molecular flexibility index (Phi) is 4.94. The van der Waals surface area contributed by atoms with E-state index >= 15 is 0 Å². The second kappa shape index (κ2) is 6.89. The summed E-state index contributed by atoms with van der Waals surface area (Å²) in [4.78, 5) is 4.70. The van der Waals surface area contributed by atoms with Gasteiger partial charge in [-0.15, -0.1) is 0 Å². The van der Waals surface area contributed by atoms with Crippen molar-refractivity contribution in [1.29, 1.82) is 0 Å². The topological polar surface area (TPSA) is 24.4 Å². The Bertz CT molecular complexity index is 667. The van der Waals surface area contributed by atoms with Gasteiger partial charge in [-0.25, -0.2) is 0 Å². The van der Waals surface area contributed by atoms with Crippen molar-refractivity contribution in [2.45, 2.75) is 27.7 Å². The first-order valence-electron chi connectivity index (χ1n) is 7.17. The number of anilines is 1. The second-order valence-corrected chi connectivity index (χ2v) is 5.36. The number of nitrogens with one attached hydrogen (secondary N) is 1. The smallest absolute Gasteiger partial charge is 0.0664 e. The zero-order valence-corrected chi connectivity index (χ0v) is 13.1. The maximum absolute atomic E-state index is 4.70. The Morgan fingerprint density at radius 1 is 1.00 bits per heavy atom. The van der Waals surface area contributed by atoms with E-state index in [4.69, 9.17) is 4.99 Å². The van der Waals surface area contributed by atoms with E-state index in [9.17, 15) is 0 Å². The molecule has 0 bridgehead atoms. The third kappa shape index (κ3) is 4.60. The van der Waals surface area contributed by atoms with Crippen molar-refractivity contribution >= 4 is 17.1 Å². The number of rotatable bonds is 4. The molecule has 0 aliphatic carbocycles. The first-order valence-corrected chi connectivity index (χ1v) is 7.17. The minimum atomic E-state index is 0.990. The highest BCUT2D eigenvalue weighted by Crippen LogP contribution is 2.20. The molecule has 21 heavy (non-hydrogen) atoms. The maximum Gasteiger partial charge on any atom is 0.0664 e. The highest BCUT2D eigenvalue weighted by molar-refractivity contribution is 5.95. The number of aryl methyl sites for hydroxylation is 2. The molecule has 2 heteroatoms. The molecule has 108 valence electrons. The fraction of sp³-hybridized carbons (Fsp3) is 0.211. The van der Waals surface area contributed by atoms with Crippen LogP contribution < -0.4 is 5.32 Å². The van der Waals surface area contributed by atoms with Gasteiger partial charge in [-0.05, 0) is 63.1 Å². The summed E-state index contributed by atoms with van der Waals surface area (Å²) >= 11 is 0. The van der Waals surface area contributed by atoms with Crippen LogP contribution in [0.4, 0.5) is 11.4 Å².